The molecular weight excluding hydrogens is 506 g/mol. The van der Waals surface area contributed by atoms with Gasteiger partial charge in [-0.2, -0.15) is 0 Å². The zero-order valence-electron chi connectivity index (χ0n) is 22.7. The number of fused-ring (bicyclic) bond motifs is 3. The molecular formula is C33H31NO6. The predicted molar refractivity (Wildman–Crippen MR) is 147 cm³/mol. The van der Waals surface area contributed by atoms with E-state index in [0.29, 0.717) is 40.7 Å². The third-order valence-corrected chi connectivity index (χ3v) is 9.06. The minimum atomic E-state index is -0.600. The number of hydrogen-bond donors (Lipinski definition) is 2. The number of ketones is 2. The summed E-state index contributed by atoms with van der Waals surface area (Å²) in [5, 5.41) is 20.0. The van der Waals surface area contributed by atoms with Crippen LogP contribution in [-0.4, -0.2) is 45.0 Å². The number of Topliss-reactive ketones (excluding diaryl/α,β-unsaturated/α-hetero) is 1. The van der Waals surface area contributed by atoms with E-state index in [-0.39, 0.29) is 53.8 Å². The maximum absolute atomic E-state index is 13.9. The molecule has 7 nitrogen and oxygen atoms in total. The Balaban J connectivity index is 1.40. The zero-order chi connectivity index (χ0) is 28.5. The van der Waals surface area contributed by atoms with Gasteiger partial charge in [0.05, 0.1) is 11.8 Å². The summed E-state index contributed by atoms with van der Waals surface area (Å²) in [4.78, 5) is 55.5. The first-order valence-corrected chi connectivity index (χ1v) is 13.7. The van der Waals surface area contributed by atoms with Crippen LogP contribution in [0.4, 0.5) is 0 Å². The summed E-state index contributed by atoms with van der Waals surface area (Å²) in [6, 6.07) is 10.4. The standard InChI is InChI=1S/C33H31NO6/c1-16-12-20(13-17(2)30(16)37)27-22-8-9-23-28(24(22)15-25-29(27)26(36)14-18(3)31(25)38)33(40)34(32(23)39)11-10-19-4-6-21(35)7-5-19/h4-8,12-14,23-24,27-28,35,37H,9-11,15H2,1-3H3/t23-,24+,27-,28-/m0/s1. The van der Waals surface area contributed by atoms with Crippen LogP contribution in [0.1, 0.15) is 47.9 Å². The number of carbonyl (C=O) groups is 4. The monoisotopic (exact) mass is 537 g/mol. The molecule has 0 radical (unpaired) electrons. The Morgan fingerprint density at radius 2 is 1.57 bits per heavy atom. The molecule has 2 amide bonds. The van der Waals surface area contributed by atoms with Crippen molar-refractivity contribution in [1.29, 1.82) is 0 Å². The lowest BCUT2D eigenvalue weighted by atomic mass is 9.59. The Bertz CT molecular complexity index is 1570. The second-order valence-electron chi connectivity index (χ2n) is 11.5. The van der Waals surface area contributed by atoms with Crippen LogP contribution in [0.25, 0.3) is 0 Å². The summed E-state index contributed by atoms with van der Waals surface area (Å²) in [5.74, 6) is -2.48. The number of likely N-dealkylation sites (tertiary alicyclic amines) is 1. The molecule has 7 heteroatoms. The molecule has 1 saturated heterocycles. The van der Waals surface area contributed by atoms with Gasteiger partial charge in [-0.1, -0.05) is 35.9 Å². The summed E-state index contributed by atoms with van der Waals surface area (Å²) in [7, 11) is 0. The van der Waals surface area contributed by atoms with Crippen molar-refractivity contribution in [2.75, 3.05) is 6.54 Å². The fourth-order valence-corrected chi connectivity index (χ4v) is 7.11. The van der Waals surface area contributed by atoms with E-state index in [0.717, 1.165) is 16.7 Å². The molecule has 2 N–H and O–H groups in total. The van der Waals surface area contributed by atoms with E-state index in [4.69, 9.17) is 0 Å². The van der Waals surface area contributed by atoms with Crippen LogP contribution in [0.3, 0.4) is 0 Å². The van der Waals surface area contributed by atoms with Gasteiger partial charge in [0.1, 0.15) is 11.5 Å². The molecule has 0 spiro atoms. The molecule has 1 aliphatic heterocycles. The summed E-state index contributed by atoms with van der Waals surface area (Å²) in [6.45, 7) is 5.48. The third kappa shape index (κ3) is 3.95. The molecule has 0 unspecified atom stereocenters. The quantitative estimate of drug-likeness (QED) is 0.340. The number of aromatic hydroxyl groups is 2. The molecule has 4 aliphatic rings. The zero-order valence-corrected chi connectivity index (χ0v) is 22.7. The van der Waals surface area contributed by atoms with Crippen molar-refractivity contribution in [1.82, 2.24) is 4.90 Å². The molecule has 204 valence electrons. The molecule has 2 aromatic rings. The highest BCUT2D eigenvalue weighted by Crippen LogP contribution is 2.55. The summed E-state index contributed by atoms with van der Waals surface area (Å²) in [5.41, 5.74) is 5.21. The highest BCUT2D eigenvalue weighted by molar-refractivity contribution is 6.23. The van der Waals surface area contributed by atoms with Gasteiger partial charge < -0.3 is 10.2 Å². The van der Waals surface area contributed by atoms with Crippen LogP contribution < -0.4 is 0 Å². The normalized spacial score (nSPS) is 25.9. The number of allylic oxidation sites excluding steroid dienone is 6. The summed E-state index contributed by atoms with van der Waals surface area (Å²) >= 11 is 0. The first-order chi connectivity index (χ1) is 19.1. The van der Waals surface area contributed by atoms with Gasteiger partial charge in [-0.05, 0) is 86.4 Å². The van der Waals surface area contributed by atoms with Crippen LogP contribution >= 0.6 is 0 Å². The molecule has 6 rings (SSSR count). The highest BCUT2D eigenvalue weighted by Gasteiger charge is 2.56. The fraction of sp³-hybridized carbons (Fsp3) is 0.333. The van der Waals surface area contributed by atoms with Crippen LogP contribution in [0.2, 0.25) is 0 Å². The van der Waals surface area contributed by atoms with Crippen molar-refractivity contribution >= 4 is 23.4 Å². The first-order valence-electron chi connectivity index (χ1n) is 13.7. The number of aryl methyl sites for hydroxylation is 2. The number of phenols is 2. The minimum absolute atomic E-state index is 0.155. The SMILES string of the molecule is CC1=CC(=O)C2=C(C[C@@H]3C(=CC[C@@H]4C(=O)N(CCc5ccc(O)cc5)C(=O)[C@@H]43)[C@@H]2c2cc(C)c(O)c(C)c2)C1=O. The van der Waals surface area contributed by atoms with Gasteiger partial charge in [0.2, 0.25) is 11.8 Å². The van der Waals surface area contributed by atoms with Gasteiger partial charge in [-0.25, -0.2) is 0 Å². The van der Waals surface area contributed by atoms with E-state index in [1.165, 1.54) is 11.0 Å². The molecule has 40 heavy (non-hydrogen) atoms. The molecule has 1 fully saturated rings. The summed E-state index contributed by atoms with van der Waals surface area (Å²) in [6.07, 6.45) is 4.52. The Labute approximate surface area is 232 Å². The fourth-order valence-electron chi connectivity index (χ4n) is 7.11. The van der Waals surface area contributed by atoms with Gasteiger partial charge in [0.25, 0.3) is 0 Å². The van der Waals surface area contributed by atoms with Crippen LogP contribution in [0, 0.1) is 31.6 Å². The molecule has 4 atom stereocenters. The Morgan fingerprint density at radius 3 is 2.25 bits per heavy atom. The highest BCUT2D eigenvalue weighted by atomic mass is 16.3. The lowest BCUT2D eigenvalue weighted by Gasteiger charge is -2.42. The lowest BCUT2D eigenvalue weighted by Crippen LogP contribution is -2.40. The number of benzene rings is 2. The second-order valence-corrected chi connectivity index (χ2v) is 11.5. The van der Waals surface area contributed by atoms with Gasteiger partial charge in [0.15, 0.2) is 11.6 Å². The van der Waals surface area contributed by atoms with E-state index in [1.54, 1.807) is 45.0 Å². The average molecular weight is 538 g/mol. The smallest absolute Gasteiger partial charge is 0.233 e. The lowest BCUT2D eigenvalue weighted by molar-refractivity contribution is -0.140. The van der Waals surface area contributed by atoms with E-state index < -0.39 is 17.8 Å². The van der Waals surface area contributed by atoms with E-state index in [2.05, 4.69) is 0 Å². The van der Waals surface area contributed by atoms with Crippen molar-refractivity contribution in [2.45, 2.75) is 46.0 Å². The predicted octanol–water partition coefficient (Wildman–Crippen LogP) is 4.39. The number of carbonyl (C=O) groups excluding carboxylic acids is 4. The number of imide groups is 1. The molecule has 0 aromatic heterocycles. The van der Waals surface area contributed by atoms with Crippen molar-refractivity contribution in [3.63, 3.8) is 0 Å². The van der Waals surface area contributed by atoms with E-state index >= 15 is 0 Å². The molecule has 0 saturated carbocycles. The van der Waals surface area contributed by atoms with Crippen LogP contribution in [-0.2, 0) is 25.6 Å². The van der Waals surface area contributed by atoms with Crippen LogP contribution in [0.15, 0.2) is 70.8 Å². The molecule has 3 aliphatic carbocycles. The largest absolute Gasteiger partial charge is 0.508 e. The summed E-state index contributed by atoms with van der Waals surface area (Å²) < 4.78 is 0. The topological polar surface area (TPSA) is 112 Å². The van der Waals surface area contributed by atoms with Gasteiger partial charge in [-0.15, -0.1) is 0 Å². The van der Waals surface area contributed by atoms with Crippen LogP contribution in [0.5, 0.6) is 11.5 Å². The Hall–Kier alpha value is -4.26. The molecule has 1 heterocycles. The number of phenolic OH excluding ortho intramolecular Hbond substituents is 2. The Morgan fingerprint density at radius 1 is 0.900 bits per heavy atom. The van der Waals surface area contributed by atoms with Crippen molar-refractivity contribution in [3.05, 3.63) is 93.1 Å². The van der Waals surface area contributed by atoms with Gasteiger partial charge in [0, 0.05) is 29.2 Å². The third-order valence-electron chi connectivity index (χ3n) is 9.06. The van der Waals surface area contributed by atoms with E-state index in [9.17, 15) is 29.4 Å². The number of hydrogen-bond acceptors (Lipinski definition) is 6. The van der Waals surface area contributed by atoms with Gasteiger partial charge in [-0.3, -0.25) is 24.1 Å². The van der Waals surface area contributed by atoms with E-state index in [1.807, 2.05) is 18.2 Å². The number of amides is 2. The Kier molecular flexibility index (Phi) is 6.13. The molecule has 2 aromatic carbocycles. The number of rotatable bonds is 4. The second kappa shape index (κ2) is 9.44. The van der Waals surface area contributed by atoms with Crippen molar-refractivity contribution in [2.24, 2.45) is 17.8 Å². The van der Waals surface area contributed by atoms with Gasteiger partial charge >= 0.3 is 0 Å². The maximum atomic E-state index is 13.9. The van der Waals surface area contributed by atoms with Crippen molar-refractivity contribution < 1.29 is 29.4 Å². The first kappa shape index (κ1) is 26.0. The number of nitrogens with zero attached hydrogens (tertiary/aromatic N) is 1. The minimum Gasteiger partial charge on any atom is -0.508 e. The average Bonchev–Trinajstić information content (AvgIpc) is 3.17. The van der Waals surface area contributed by atoms with Crippen molar-refractivity contribution in [3.8, 4) is 11.5 Å². The molecule has 0 bridgehead atoms. The maximum Gasteiger partial charge on any atom is 0.233 e.